The molecule has 0 saturated carbocycles. The summed E-state index contributed by atoms with van der Waals surface area (Å²) < 4.78 is 29.3. The van der Waals surface area contributed by atoms with Crippen molar-refractivity contribution >= 4 is 21.7 Å². The Kier molecular flexibility index (Phi) is 4.87. The van der Waals surface area contributed by atoms with Crippen LogP contribution in [-0.4, -0.2) is 24.5 Å². The van der Waals surface area contributed by atoms with E-state index in [1.165, 1.54) is 0 Å². The molecule has 0 aliphatic heterocycles. The van der Waals surface area contributed by atoms with Gasteiger partial charge in [0.05, 0.1) is 0 Å². The summed E-state index contributed by atoms with van der Waals surface area (Å²) in [5, 5.41) is 0. The third kappa shape index (κ3) is 3.54. The number of rotatable bonds is 1. The molecular weight excluding hydrogens is 223 g/mol. The van der Waals surface area contributed by atoms with Gasteiger partial charge >= 0.3 is 51.4 Å². The summed E-state index contributed by atoms with van der Waals surface area (Å²) in [4.78, 5) is 20.4. The average molecular weight is 228 g/mol. The number of carbonyl (C=O) groups is 2. The van der Waals surface area contributed by atoms with E-state index in [0.717, 1.165) is 12.2 Å². The molecule has 5 nitrogen and oxygen atoms in total. The Hall–Kier alpha value is 0.366. The van der Waals surface area contributed by atoms with E-state index < -0.39 is 26.6 Å². The quantitative estimate of drug-likeness (QED) is 0.287. The second-order valence-corrected chi connectivity index (χ2v) is 3.47. The van der Waals surface area contributed by atoms with Gasteiger partial charge in [-0.3, -0.25) is 14.1 Å². The zero-order valence-electron chi connectivity index (χ0n) is 7.72. The molecule has 0 aromatic rings. The molecule has 1 rings (SSSR count). The van der Waals surface area contributed by atoms with Crippen molar-refractivity contribution in [2.24, 2.45) is 0 Å². The first kappa shape index (κ1) is 13.4. The van der Waals surface area contributed by atoms with E-state index in [4.69, 9.17) is 4.55 Å². The van der Waals surface area contributed by atoms with E-state index in [2.05, 4.69) is 0 Å². The van der Waals surface area contributed by atoms with Gasteiger partial charge in [0, 0.05) is 6.08 Å². The Morgan fingerprint density at radius 3 is 2.15 bits per heavy atom. The summed E-state index contributed by atoms with van der Waals surface area (Å²) in [5.41, 5.74) is 0. The van der Waals surface area contributed by atoms with E-state index in [0.29, 0.717) is 6.08 Å². The van der Waals surface area contributed by atoms with E-state index >= 15 is 0 Å². The topological polar surface area (TPSA) is 88.5 Å². The maximum Gasteiger partial charge on any atom is 1.00 e. The van der Waals surface area contributed by atoms with Gasteiger partial charge < -0.3 is 1.43 Å². The van der Waals surface area contributed by atoms with E-state index in [1.54, 1.807) is 0 Å². The molecule has 0 spiro atoms. The predicted octanol–water partition coefficient (Wildman–Crippen LogP) is -3.42. The van der Waals surface area contributed by atoms with Crippen molar-refractivity contribution in [1.29, 1.82) is 0 Å². The molecule has 66 valence electrons. The molecule has 0 aromatic carbocycles. The molecule has 1 N–H and O–H groups in total. The third-order valence-corrected chi connectivity index (χ3v) is 2.07. The number of hydrogen-bond acceptors (Lipinski definition) is 4. The summed E-state index contributed by atoms with van der Waals surface area (Å²) in [5.74, 6) is -1.53. The van der Waals surface area contributed by atoms with Crippen molar-refractivity contribution in [1.82, 2.24) is 0 Å². The largest absolute Gasteiger partial charge is 1.00 e. The number of hydrogen-bond donors (Lipinski definition) is 1. The zero-order valence-corrected chi connectivity index (χ0v) is 10.7. The third-order valence-electron chi connectivity index (χ3n) is 1.19. The van der Waals surface area contributed by atoms with Gasteiger partial charge in [0.2, 0.25) is 0 Å². The average Bonchev–Trinajstić information content (AvgIpc) is 1.92. The summed E-state index contributed by atoms with van der Waals surface area (Å²) >= 11 is 0. The monoisotopic (exact) mass is 228 g/mol. The van der Waals surface area contributed by atoms with Crippen LogP contribution >= 0.6 is 0 Å². The SMILES string of the molecule is O=C1C=CC(=O)C(S(=O)(=O)O)=C1.[H-].[K+]. The fourth-order valence-electron chi connectivity index (χ4n) is 0.690. The molecule has 7 heteroatoms. The van der Waals surface area contributed by atoms with Crippen LogP contribution < -0.4 is 51.4 Å². The second kappa shape index (κ2) is 4.74. The van der Waals surface area contributed by atoms with Gasteiger partial charge in [0.25, 0.3) is 10.1 Å². The Morgan fingerprint density at radius 1 is 1.23 bits per heavy atom. The first-order valence-corrected chi connectivity index (χ1v) is 4.31. The van der Waals surface area contributed by atoms with Crippen LogP contribution in [0.15, 0.2) is 23.1 Å². The minimum absolute atomic E-state index is 0. The van der Waals surface area contributed by atoms with Crippen LogP contribution in [-0.2, 0) is 19.7 Å². The summed E-state index contributed by atoms with van der Waals surface area (Å²) in [6.07, 6.45) is 2.31. The summed E-state index contributed by atoms with van der Waals surface area (Å²) in [6.45, 7) is 0. The molecule has 0 atom stereocenters. The van der Waals surface area contributed by atoms with E-state index in [9.17, 15) is 18.0 Å². The molecule has 0 heterocycles. The van der Waals surface area contributed by atoms with Gasteiger partial charge in [0.1, 0.15) is 4.91 Å². The van der Waals surface area contributed by atoms with Crippen LogP contribution in [0, 0.1) is 0 Å². The van der Waals surface area contributed by atoms with Gasteiger partial charge in [-0.25, -0.2) is 0 Å². The smallest absolute Gasteiger partial charge is 1.00 e. The molecule has 0 aromatic heterocycles. The van der Waals surface area contributed by atoms with Crippen LogP contribution in [0.3, 0.4) is 0 Å². The Bertz CT molecular complexity index is 408. The van der Waals surface area contributed by atoms with Crippen molar-refractivity contribution in [3.63, 3.8) is 0 Å². The fraction of sp³-hybridized carbons (Fsp3) is 0. The molecule has 13 heavy (non-hydrogen) atoms. The molecular formula is C6H5KO5S. The van der Waals surface area contributed by atoms with Gasteiger partial charge in [-0.15, -0.1) is 0 Å². The van der Waals surface area contributed by atoms with Crippen molar-refractivity contribution < 1.29 is 75.4 Å². The normalized spacial score (nSPS) is 16.5. The van der Waals surface area contributed by atoms with Gasteiger partial charge in [-0.2, -0.15) is 8.42 Å². The standard InChI is InChI=1S/C6H4O5S.K.H/c7-4-1-2-5(8)6(3-4)12(9,10)11;;/h1-3H,(H,9,10,11);;/q;+1;-1. The van der Waals surface area contributed by atoms with Gasteiger partial charge in [-0.05, 0) is 12.2 Å². The molecule has 0 radical (unpaired) electrons. The minimum atomic E-state index is -4.57. The summed E-state index contributed by atoms with van der Waals surface area (Å²) in [6, 6.07) is 0. The molecule has 0 saturated heterocycles. The maximum atomic E-state index is 10.7. The number of carbonyl (C=O) groups excluding carboxylic acids is 2. The van der Waals surface area contributed by atoms with Crippen LogP contribution in [0.2, 0.25) is 0 Å². The minimum Gasteiger partial charge on any atom is -1.00 e. The van der Waals surface area contributed by atoms with Crippen LogP contribution in [0.1, 0.15) is 1.43 Å². The first-order valence-electron chi connectivity index (χ1n) is 2.87. The Morgan fingerprint density at radius 2 is 1.77 bits per heavy atom. The van der Waals surface area contributed by atoms with Crippen molar-refractivity contribution in [2.75, 3.05) is 0 Å². The molecule has 1 aliphatic rings. The summed E-state index contributed by atoms with van der Waals surface area (Å²) in [7, 11) is -4.57. The van der Waals surface area contributed by atoms with E-state index in [-0.39, 0.29) is 52.8 Å². The number of ketones is 2. The van der Waals surface area contributed by atoms with Crippen LogP contribution in [0.5, 0.6) is 0 Å². The number of allylic oxidation sites excluding steroid dienone is 4. The van der Waals surface area contributed by atoms with Crippen LogP contribution in [0.25, 0.3) is 0 Å². The molecule has 0 bridgehead atoms. The molecule has 1 aliphatic carbocycles. The van der Waals surface area contributed by atoms with Gasteiger partial charge in [0.15, 0.2) is 11.6 Å². The van der Waals surface area contributed by atoms with E-state index in [1.807, 2.05) is 0 Å². The van der Waals surface area contributed by atoms with Crippen molar-refractivity contribution in [2.45, 2.75) is 0 Å². The maximum absolute atomic E-state index is 10.7. The molecule has 0 unspecified atom stereocenters. The predicted molar refractivity (Wildman–Crippen MR) is 39.9 cm³/mol. The fourth-order valence-corrected chi connectivity index (χ4v) is 1.28. The Balaban J connectivity index is 0. The van der Waals surface area contributed by atoms with Crippen molar-refractivity contribution in [3.8, 4) is 0 Å². The zero-order chi connectivity index (χ0) is 9.35. The Labute approximate surface area is 119 Å². The second-order valence-electron chi connectivity index (χ2n) is 2.08. The van der Waals surface area contributed by atoms with Gasteiger partial charge in [-0.1, -0.05) is 0 Å². The van der Waals surface area contributed by atoms with Crippen molar-refractivity contribution in [3.05, 3.63) is 23.1 Å². The van der Waals surface area contributed by atoms with Crippen LogP contribution in [0.4, 0.5) is 0 Å². The molecule has 0 amide bonds. The first-order chi connectivity index (χ1) is 5.41. The molecule has 0 fully saturated rings.